The number of pyridine rings is 1. The molecule has 3 heterocycles. The fraction of sp³-hybridized carbons (Fsp3) is 0.292. The smallest absolute Gasteiger partial charge is 0.250 e. The maximum atomic E-state index is 13.0. The van der Waals surface area contributed by atoms with Crippen molar-refractivity contribution in [2.24, 2.45) is 0 Å². The number of nitrogens with zero attached hydrogens (tertiary/aromatic N) is 3. The van der Waals surface area contributed by atoms with E-state index in [2.05, 4.69) is 50.8 Å². The number of rotatable bonds is 6. The zero-order valence-electron chi connectivity index (χ0n) is 18.4. The summed E-state index contributed by atoms with van der Waals surface area (Å²) in [5, 5.41) is 3.25. The second-order valence-corrected chi connectivity index (χ2v) is 11.3. The first-order valence-corrected chi connectivity index (χ1v) is 13.1. The maximum Gasteiger partial charge on any atom is 0.250 e. The summed E-state index contributed by atoms with van der Waals surface area (Å²) in [7, 11) is -1.47. The topological polar surface area (TPSA) is 65.5 Å². The van der Waals surface area contributed by atoms with Crippen LogP contribution in [0.3, 0.4) is 0 Å². The molecular formula is C24H27ClN4O2S2. The van der Waals surface area contributed by atoms with Gasteiger partial charge in [-0.05, 0) is 41.9 Å². The van der Waals surface area contributed by atoms with Gasteiger partial charge in [-0.3, -0.25) is 0 Å². The first-order valence-electron chi connectivity index (χ1n) is 10.8. The number of fused-ring (bicyclic) bond motifs is 2. The van der Waals surface area contributed by atoms with Crippen molar-refractivity contribution < 1.29 is 8.42 Å². The lowest BCUT2D eigenvalue weighted by molar-refractivity contribution is 0.312. The quantitative estimate of drug-likeness (QED) is 0.429. The molecule has 0 radical (unpaired) electrons. The predicted octanol–water partition coefficient (Wildman–Crippen LogP) is 4.14. The van der Waals surface area contributed by atoms with Crippen LogP contribution in [0, 0.1) is 0 Å². The summed E-state index contributed by atoms with van der Waals surface area (Å²) < 4.78 is 30.2. The number of aromatic nitrogens is 1. The molecule has 0 aliphatic carbocycles. The Morgan fingerprint density at radius 1 is 1.00 bits per heavy atom. The Balaban J connectivity index is 0.00000259. The van der Waals surface area contributed by atoms with E-state index in [4.69, 9.17) is 0 Å². The van der Waals surface area contributed by atoms with Crippen molar-refractivity contribution in [1.82, 2.24) is 14.6 Å². The van der Waals surface area contributed by atoms with Gasteiger partial charge in [0.25, 0.3) is 0 Å². The molecule has 0 saturated carbocycles. The summed E-state index contributed by atoms with van der Waals surface area (Å²) >= 11 is 1.30. The van der Waals surface area contributed by atoms with Crippen LogP contribution < -0.4 is 9.62 Å². The Labute approximate surface area is 204 Å². The molecule has 6 nitrogen and oxygen atoms in total. The summed E-state index contributed by atoms with van der Waals surface area (Å²) in [5.41, 5.74) is 1.14. The van der Waals surface area contributed by atoms with E-state index in [0.717, 1.165) is 47.6 Å². The van der Waals surface area contributed by atoms with Gasteiger partial charge in [-0.25, -0.2) is 18.1 Å². The van der Waals surface area contributed by atoms with Crippen LogP contribution >= 0.6 is 23.7 Å². The van der Waals surface area contributed by atoms with E-state index in [1.54, 1.807) is 12.3 Å². The van der Waals surface area contributed by atoms with E-state index in [0.29, 0.717) is 17.2 Å². The molecule has 0 atom stereocenters. The fourth-order valence-corrected chi connectivity index (χ4v) is 6.68. The third kappa shape index (κ3) is 5.00. The molecule has 1 fully saturated rings. The molecule has 5 rings (SSSR count). The highest BCUT2D eigenvalue weighted by Gasteiger charge is 2.22. The van der Waals surface area contributed by atoms with E-state index >= 15 is 0 Å². The molecule has 9 heteroatoms. The van der Waals surface area contributed by atoms with Crippen LogP contribution in [0.1, 0.15) is 5.56 Å². The number of benzene rings is 2. The molecule has 174 valence electrons. The van der Waals surface area contributed by atoms with Gasteiger partial charge in [-0.15, -0.1) is 23.7 Å². The minimum atomic E-state index is -3.59. The van der Waals surface area contributed by atoms with Crippen molar-refractivity contribution >= 4 is 60.4 Å². The second-order valence-electron chi connectivity index (χ2n) is 8.19. The van der Waals surface area contributed by atoms with Crippen LogP contribution in [0.5, 0.6) is 0 Å². The van der Waals surface area contributed by atoms with E-state index in [9.17, 15) is 8.42 Å². The van der Waals surface area contributed by atoms with Gasteiger partial charge >= 0.3 is 0 Å². The Morgan fingerprint density at radius 2 is 1.76 bits per heavy atom. The van der Waals surface area contributed by atoms with Gasteiger partial charge in [0, 0.05) is 49.0 Å². The SMILES string of the molecule is CN1CCN(c2nccc3sc(S(=O)(=O)NCCc4cccc5ccccc45)cc23)CC1.Cl. The molecule has 1 aliphatic heterocycles. The number of piperazine rings is 1. The van der Waals surface area contributed by atoms with Crippen molar-refractivity contribution in [3.63, 3.8) is 0 Å². The average molecular weight is 503 g/mol. The standard InChI is InChI=1S/C24H26N4O2S2.ClH/c1-27-13-15-28(16-14-27)24-21-17-23(31-22(21)10-11-25-24)32(29,30)26-12-9-19-7-4-6-18-5-2-3-8-20(18)19;/h2-8,10-11,17,26H,9,12-16H2,1H3;1H. The fourth-order valence-electron chi connectivity index (χ4n) is 4.23. The van der Waals surface area contributed by atoms with Crippen molar-refractivity contribution in [2.75, 3.05) is 44.7 Å². The highest BCUT2D eigenvalue weighted by atomic mass is 35.5. The number of anilines is 1. The summed E-state index contributed by atoms with van der Waals surface area (Å²) in [5.74, 6) is 0.879. The largest absolute Gasteiger partial charge is 0.354 e. The molecule has 0 amide bonds. The average Bonchev–Trinajstić information content (AvgIpc) is 3.25. The van der Waals surface area contributed by atoms with Crippen molar-refractivity contribution in [1.29, 1.82) is 0 Å². The molecule has 2 aromatic heterocycles. The molecule has 4 aromatic rings. The van der Waals surface area contributed by atoms with E-state index < -0.39 is 10.0 Å². The molecule has 0 unspecified atom stereocenters. The highest BCUT2D eigenvalue weighted by Crippen LogP contribution is 2.34. The molecule has 33 heavy (non-hydrogen) atoms. The number of nitrogens with one attached hydrogen (secondary N) is 1. The Morgan fingerprint density at radius 3 is 2.58 bits per heavy atom. The number of halogens is 1. The van der Waals surface area contributed by atoms with E-state index in [1.807, 2.05) is 24.3 Å². The molecule has 1 aliphatic rings. The summed E-state index contributed by atoms with van der Waals surface area (Å²) in [4.78, 5) is 9.12. The number of sulfonamides is 1. The van der Waals surface area contributed by atoms with Gasteiger partial charge in [0.2, 0.25) is 10.0 Å². The highest BCUT2D eigenvalue weighted by molar-refractivity contribution is 7.91. The number of hydrogen-bond acceptors (Lipinski definition) is 6. The Bertz CT molecular complexity index is 1360. The molecule has 2 aromatic carbocycles. The minimum absolute atomic E-state index is 0. The molecule has 0 spiro atoms. The van der Waals surface area contributed by atoms with Gasteiger partial charge in [0.15, 0.2) is 0 Å². The van der Waals surface area contributed by atoms with Gasteiger partial charge in [-0.1, -0.05) is 42.5 Å². The predicted molar refractivity (Wildman–Crippen MR) is 139 cm³/mol. The van der Waals surface area contributed by atoms with Crippen LogP contribution in [-0.4, -0.2) is 58.1 Å². The van der Waals surface area contributed by atoms with Crippen molar-refractivity contribution in [2.45, 2.75) is 10.6 Å². The monoisotopic (exact) mass is 502 g/mol. The van der Waals surface area contributed by atoms with E-state index in [1.165, 1.54) is 22.1 Å². The first kappa shape index (κ1) is 23.9. The van der Waals surface area contributed by atoms with Crippen LogP contribution in [-0.2, 0) is 16.4 Å². The normalized spacial score (nSPS) is 15.1. The van der Waals surface area contributed by atoms with Crippen molar-refractivity contribution in [3.05, 3.63) is 66.4 Å². The first-order chi connectivity index (χ1) is 15.5. The number of thiophene rings is 1. The lowest BCUT2D eigenvalue weighted by Gasteiger charge is -2.33. The summed E-state index contributed by atoms with van der Waals surface area (Å²) in [6.07, 6.45) is 2.41. The van der Waals surface area contributed by atoms with Gasteiger partial charge in [-0.2, -0.15) is 0 Å². The number of likely N-dealkylation sites (N-methyl/N-ethyl adjacent to an activating group) is 1. The van der Waals surface area contributed by atoms with Gasteiger partial charge < -0.3 is 9.80 Å². The summed E-state index contributed by atoms with van der Waals surface area (Å²) in [6.45, 7) is 4.09. The maximum absolute atomic E-state index is 13.0. The van der Waals surface area contributed by atoms with Crippen molar-refractivity contribution in [3.8, 4) is 0 Å². The Kier molecular flexibility index (Phi) is 7.21. The molecule has 0 bridgehead atoms. The second kappa shape index (κ2) is 9.95. The molecule has 1 N–H and O–H groups in total. The lowest BCUT2D eigenvalue weighted by Crippen LogP contribution is -2.44. The molecule has 1 saturated heterocycles. The lowest BCUT2D eigenvalue weighted by atomic mass is 10.0. The van der Waals surface area contributed by atoms with Crippen LogP contribution in [0.25, 0.3) is 20.9 Å². The third-order valence-electron chi connectivity index (χ3n) is 6.04. The van der Waals surface area contributed by atoms with E-state index in [-0.39, 0.29) is 12.4 Å². The van der Waals surface area contributed by atoms with Crippen LogP contribution in [0.2, 0.25) is 0 Å². The van der Waals surface area contributed by atoms with Gasteiger partial charge in [0.1, 0.15) is 10.0 Å². The third-order valence-corrected chi connectivity index (χ3v) is 9.07. The number of hydrogen-bond donors (Lipinski definition) is 1. The Hall–Kier alpha value is -2.23. The van der Waals surface area contributed by atoms with Crippen LogP contribution in [0.15, 0.2) is 65.0 Å². The zero-order chi connectivity index (χ0) is 22.1. The van der Waals surface area contributed by atoms with Crippen LogP contribution in [0.4, 0.5) is 5.82 Å². The molecular weight excluding hydrogens is 476 g/mol. The summed E-state index contributed by atoms with van der Waals surface area (Å²) in [6, 6.07) is 18.0. The zero-order valence-corrected chi connectivity index (χ0v) is 20.8. The van der Waals surface area contributed by atoms with Gasteiger partial charge in [0.05, 0.1) is 0 Å². The minimum Gasteiger partial charge on any atom is -0.354 e.